The highest BCUT2D eigenvalue weighted by atomic mass is 32.1. The minimum Gasteiger partial charge on any atom is -0.380 e. The molecule has 4 aromatic heterocycles. The second-order valence-electron chi connectivity index (χ2n) is 7.03. The van der Waals surface area contributed by atoms with Crippen LogP contribution in [-0.4, -0.2) is 39.5 Å². The van der Waals surface area contributed by atoms with Crippen LogP contribution in [0.15, 0.2) is 41.7 Å². The number of nitrogens with one attached hydrogen (secondary N) is 2. The third kappa shape index (κ3) is 2.35. The summed E-state index contributed by atoms with van der Waals surface area (Å²) >= 11 is 1.68. The zero-order valence-corrected chi connectivity index (χ0v) is 15.3. The predicted octanol–water partition coefficient (Wildman–Crippen LogP) is 2.11. The first-order chi connectivity index (χ1) is 13.7. The molecule has 1 aliphatic rings. The number of H-pyrrole nitrogens is 2. The molecule has 0 radical (unpaired) electrons. The van der Waals surface area contributed by atoms with Crippen molar-refractivity contribution in [3.8, 4) is 5.69 Å². The number of fused-ring (bicyclic) bond motifs is 2. The number of thiazole rings is 1. The van der Waals surface area contributed by atoms with Crippen LogP contribution in [0.2, 0.25) is 0 Å². The second kappa shape index (κ2) is 5.63. The molecule has 1 fully saturated rings. The van der Waals surface area contributed by atoms with Crippen molar-refractivity contribution in [2.24, 2.45) is 0 Å². The van der Waals surface area contributed by atoms with E-state index in [4.69, 9.17) is 0 Å². The third-order valence-corrected chi connectivity index (χ3v) is 6.37. The Kier molecular flexibility index (Phi) is 3.17. The summed E-state index contributed by atoms with van der Waals surface area (Å²) in [6.45, 7) is 0. The third-order valence-electron chi connectivity index (χ3n) is 5.09. The number of aromatic nitrogens is 7. The van der Waals surface area contributed by atoms with Gasteiger partial charge in [0.25, 0.3) is 0 Å². The summed E-state index contributed by atoms with van der Waals surface area (Å²) in [7, 11) is 0. The molecule has 6 rings (SSSR count). The Balaban J connectivity index is 1.41. The Bertz CT molecular complexity index is 1380. The standard InChI is InChI=1S/C18H15N7O2S/c26-16(15-17(9-1-2-9)28-14-6-19-8-24(14)15)13-7-25(23-22-13)10-3-4-11-12(5-10)21-18(27)20-11/h3-9,16,26H,1-2H2,(H2,20,21,27). The van der Waals surface area contributed by atoms with E-state index < -0.39 is 6.10 Å². The number of hydrogen-bond acceptors (Lipinski definition) is 6. The number of rotatable bonds is 4. The summed E-state index contributed by atoms with van der Waals surface area (Å²) in [4.78, 5) is 23.3. The Morgan fingerprint density at radius 1 is 1.25 bits per heavy atom. The summed E-state index contributed by atoms with van der Waals surface area (Å²) in [6, 6.07) is 5.46. The minimum absolute atomic E-state index is 0.253. The van der Waals surface area contributed by atoms with Crippen LogP contribution in [0.3, 0.4) is 0 Å². The van der Waals surface area contributed by atoms with E-state index in [1.165, 1.54) is 4.88 Å². The molecule has 4 heterocycles. The van der Waals surface area contributed by atoms with Crippen LogP contribution in [0.5, 0.6) is 0 Å². The summed E-state index contributed by atoms with van der Waals surface area (Å²) in [5.74, 6) is 0.511. The number of benzene rings is 1. The van der Waals surface area contributed by atoms with E-state index in [9.17, 15) is 9.90 Å². The monoisotopic (exact) mass is 393 g/mol. The minimum atomic E-state index is -0.886. The molecule has 3 N–H and O–H groups in total. The topological polar surface area (TPSA) is 117 Å². The molecule has 1 aliphatic carbocycles. The lowest BCUT2D eigenvalue weighted by atomic mass is 10.1. The van der Waals surface area contributed by atoms with Crippen molar-refractivity contribution in [2.45, 2.75) is 24.9 Å². The van der Waals surface area contributed by atoms with Crippen LogP contribution in [0, 0.1) is 0 Å². The lowest BCUT2D eigenvalue weighted by Crippen LogP contribution is -2.06. The van der Waals surface area contributed by atoms with E-state index in [0.717, 1.165) is 34.6 Å². The fourth-order valence-electron chi connectivity index (χ4n) is 3.56. The summed E-state index contributed by atoms with van der Waals surface area (Å²) < 4.78 is 3.54. The smallest absolute Gasteiger partial charge is 0.323 e. The SMILES string of the molecule is O=c1[nH]c2ccc(-n3cc(C(O)c4c(C5CC5)sc5cncn45)nn3)cc2[nH]1. The van der Waals surface area contributed by atoms with E-state index in [2.05, 4.69) is 25.3 Å². The second-order valence-corrected chi connectivity index (χ2v) is 8.09. The van der Waals surface area contributed by atoms with Crippen LogP contribution in [0.4, 0.5) is 0 Å². The van der Waals surface area contributed by atoms with Crippen LogP contribution in [0.25, 0.3) is 21.6 Å². The maximum absolute atomic E-state index is 11.5. The van der Waals surface area contributed by atoms with Crippen LogP contribution < -0.4 is 5.69 Å². The molecule has 1 unspecified atom stereocenters. The normalized spacial score (nSPS) is 15.6. The fourth-order valence-corrected chi connectivity index (χ4v) is 4.86. The molecule has 1 atom stereocenters. The molecule has 9 nitrogen and oxygen atoms in total. The van der Waals surface area contributed by atoms with Gasteiger partial charge in [0, 0.05) is 4.88 Å². The van der Waals surface area contributed by atoms with Gasteiger partial charge in [0.2, 0.25) is 0 Å². The van der Waals surface area contributed by atoms with E-state index in [1.807, 2.05) is 22.7 Å². The zero-order chi connectivity index (χ0) is 18.8. The molecule has 28 heavy (non-hydrogen) atoms. The van der Waals surface area contributed by atoms with Gasteiger partial charge in [-0.15, -0.1) is 16.4 Å². The van der Waals surface area contributed by atoms with E-state index in [-0.39, 0.29) is 5.69 Å². The molecule has 140 valence electrons. The van der Waals surface area contributed by atoms with Crippen molar-refractivity contribution in [1.29, 1.82) is 0 Å². The number of imidazole rings is 2. The van der Waals surface area contributed by atoms with Gasteiger partial charge in [0.1, 0.15) is 23.0 Å². The van der Waals surface area contributed by atoms with Gasteiger partial charge in [-0.25, -0.2) is 14.5 Å². The first-order valence-electron chi connectivity index (χ1n) is 8.95. The molecule has 10 heteroatoms. The van der Waals surface area contributed by atoms with Crippen molar-refractivity contribution >= 4 is 27.2 Å². The average molecular weight is 393 g/mol. The number of hydrogen-bond donors (Lipinski definition) is 3. The van der Waals surface area contributed by atoms with E-state index in [1.54, 1.807) is 34.6 Å². The molecule has 1 aromatic carbocycles. The first-order valence-corrected chi connectivity index (χ1v) is 9.76. The van der Waals surface area contributed by atoms with E-state index in [0.29, 0.717) is 17.1 Å². The van der Waals surface area contributed by atoms with Crippen molar-refractivity contribution in [2.75, 3.05) is 0 Å². The predicted molar refractivity (Wildman–Crippen MR) is 103 cm³/mol. The molecule has 0 amide bonds. The number of nitrogens with zero attached hydrogens (tertiary/aromatic N) is 5. The highest BCUT2D eigenvalue weighted by Crippen LogP contribution is 2.47. The molecular weight excluding hydrogens is 378 g/mol. The molecule has 5 aromatic rings. The lowest BCUT2D eigenvalue weighted by Gasteiger charge is -2.09. The van der Waals surface area contributed by atoms with Gasteiger partial charge in [0.15, 0.2) is 0 Å². The molecule has 0 aliphatic heterocycles. The maximum atomic E-state index is 11.5. The molecular formula is C18H15N7O2S. The lowest BCUT2D eigenvalue weighted by molar-refractivity contribution is 0.208. The van der Waals surface area contributed by atoms with Crippen LogP contribution in [-0.2, 0) is 0 Å². The fraction of sp³-hybridized carbons (Fsp3) is 0.222. The summed E-state index contributed by atoms with van der Waals surface area (Å²) in [5.41, 5.74) is 3.21. The van der Waals surface area contributed by atoms with E-state index >= 15 is 0 Å². The van der Waals surface area contributed by atoms with Crippen LogP contribution in [0.1, 0.15) is 41.1 Å². The van der Waals surface area contributed by atoms with Crippen molar-refractivity contribution in [3.63, 3.8) is 0 Å². The molecule has 0 saturated heterocycles. The summed E-state index contributed by atoms with van der Waals surface area (Å²) in [5, 5.41) is 19.5. The Morgan fingerprint density at radius 3 is 2.96 bits per heavy atom. The molecule has 0 spiro atoms. The molecule has 0 bridgehead atoms. The highest BCUT2D eigenvalue weighted by Gasteiger charge is 2.33. The Labute approximate surface area is 161 Å². The average Bonchev–Trinajstić information content (AvgIpc) is 3.06. The van der Waals surface area contributed by atoms with Gasteiger partial charge in [0.05, 0.1) is 34.8 Å². The number of aromatic amines is 2. The van der Waals surface area contributed by atoms with Gasteiger partial charge in [-0.3, -0.25) is 4.40 Å². The summed E-state index contributed by atoms with van der Waals surface area (Å²) in [6.07, 6.45) is 6.68. The van der Waals surface area contributed by atoms with Gasteiger partial charge >= 0.3 is 5.69 Å². The zero-order valence-electron chi connectivity index (χ0n) is 14.5. The highest BCUT2D eigenvalue weighted by molar-refractivity contribution is 7.17. The Morgan fingerprint density at radius 2 is 2.11 bits per heavy atom. The van der Waals surface area contributed by atoms with Gasteiger partial charge in [-0.05, 0) is 37.0 Å². The van der Waals surface area contributed by atoms with Gasteiger partial charge in [-0.2, -0.15) is 0 Å². The van der Waals surface area contributed by atoms with Gasteiger partial charge in [-0.1, -0.05) is 5.21 Å². The van der Waals surface area contributed by atoms with Crippen molar-refractivity contribution in [1.82, 2.24) is 34.3 Å². The first kappa shape index (κ1) is 15.8. The van der Waals surface area contributed by atoms with Crippen molar-refractivity contribution in [3.05, 3.63) is 63.7 Å². The number of aliphatic hydroxyl groups is 1. The largest absolute Gasteiger partial charge is 0.380 e. The van der Waals surface area contributed by atoms with Gasteiger partial charge < -0.3 is 15.1 Å². The maximum Gasteiger partial charge on any atom is 0.323 e. The quantitative estimate of drug-likeness (QED) is 0.432. The van der Waals surface area contributed by atoms with Crippen molar-refractivity contribution < 1.29 is 5.11 Å². The number of aliphatic hydroxyl groups excluding tert-OH is 1. The molecule has 1 saturated carbocycles. The van der Waals surface area contributed by atoms with Crippen LogP contribution >= 0.6 is 11.3 Å². The Hall–Kier alpha value is -3.24.